The standard InChI is InChI=1S/C14H19F2NO2/c15-13(16)19-12-6-4-11(5-7-12)17-10-14(18)8-2-1-3-9-14/h4-7,13,17-18H,1-3,8-10H2. The second kappa shape index (κ2) is 6.19. The van der Waals surface area contributed by atoms with E-state index in [-0.39, 0.29) is 5.75 Å². The summed E-state index contributed by atoms with van der Waals surface area (Å²) in [6.07, 6.45) is 4.92. The quantitative estimate of drug-likeness (QED) is 0.862. The van der Waals surface area contributed by atoms with Crippen molar-refractivity contribution in [3.8, 4) is 5.75 Å². The van der Waals surface area contributed by atoms with E-state index in [0.29, 0.717) is 6.54 Å². The summed E-state index contributed by atoms with van der Waals surface area (Å²) in [5, 5.41) is 13.5. The van der Waals surface area contributed by atoms with Crippen LogP contribution in [0.2, 0.25) is 0 Å². The van der Waals surface area contributed by atoms with E-state index in [1.165, 1.54) is 18.6 Å². The van der Waals surface area contributed by atoms with E-state index in [1.807, 2.05) is 0 Å². The van der Waals surface area contributed by atoms with E-state index < -0.39 is 12.2 Å². The number of halogens is 2. The molecule has 0 radical (unpaired) electrons. The van der Waals surface area contributed by atoms with E-state index in [0.717, 1.165) is 31.4 Å². The molecule has 0 heterocycles. The molecule has 0 saturated heterocycles. The fraction of sp³-hybridized carbons (Fsp3) is 0.571. The van der Waals surface area contributed by atoms with Crippen LogP contribution in [0.25, 0.3) is 0 Å². The summed E-state index contributed by atoms with van der Waals surface area (Å²) in [6, 6.07) is 6.31. The molecule has 1 saturated carbocycles. The van der Waals surface area contributed by atoms with Crippen LogP contribution in [0.3, 0.4) is 0 Å². The van der Waals surface area contributed by atoms with Gasteiger partial charge in [-0.15, -0.1) is 0 Å². The molecule has 1 fully saturated rings. The number of hydrogen-bond donors (Lipinski definition) is 2. The zero-order valence-electron chi connectivity index (χ0n) is 10.7. The topological polar surface area (TPSA) is 41.5 Å². The Morgan fingerprint density at radius 2 is 1.79 bits per heavy atom. The molecular formula is C14H19F2NO2. The van der Waals surface area contributed by atoms with Gasteiger partial charge in [0.1, 0.15) is 5.75 Å². The highest BCUT2D eigenvalue weighted by Gasteiger charge is 2.28. The van der Waals surface area contributed by atoms with E-state index in [9.17, 15) is 13.9 Å². The zero-order chi connectivity index (χ0) is 13.7. The van der Waals surface area contributed by atoms with Gasteiger partial charge in [0.05, 0.1) is 5.60 Å². The molecular weight excluding hydrogens is 252 g/mol. The van der Waals surface area contributed by atoms with Gasteiger partial charge in [-0.3, -0.25) is 0 Å². The van der Waals surface area contributed by atoms with Gasteiger partial charge >= 0.3 is 6.61 Å². The highest BCUT2D eigenvalue weighted by atomic mass is 19.3. The van der Waals surface area contributed by atoms with Gasteiger partial charge < -0.3 is 15.2 Å². The van der Waals surface area contributed by atoms with Gasteiger partial charge in [-0.2, -0.15) is 8.78 Å². The van der Waals surface area contributed by atoms with Gasteiger partial charge in [-0.25, -0.2) is 0 Å². The molecule has 0 bridgehead atoms. The first-order valence-electron chi connectivity index (χ1n) is 6.59. The highest BCUT2D eigenvalue weighted by molar-refractivity contribution is 5.46. The van der Waals surface area contributed by atoms with E-state index in [2.05, 4.69) is 10.1 Å². The lowest BCUT2D eigenvalue weighted by Gasteiger charge is -2.32. The zero-order valence-corrected chi connectivity index (χ0v) is 10.7. The Bertz CT molecular complexity index is 389. The number of aliphatic hydroxyl groups is 1. The predicted octanol–water partition coefficient (Wildman–Crippen LogP) is 3.40. The monoisotopic (exact) mass is 271 g/mol. The minimum atomic E-state index is -2.80. The van der Waals surface area contributed by atoms with Crippen LogP contribution in [0.5, 0.6) is 5.75 Å². The summed E-state index contributed by atoms with van der Waals surface area (Å²) < 4.78 is 28.3. The van der Waals surface area contributed by atoms with Gasteiger partial charge in [0.25, 0.3) is 0 Å². The Hall–Kier alpha value is -1.36. The average molecular weight is 271 g/mol. The minimum Gasteiger partial charge on any atom is -0.435 e. The Morgan fingerprint density at radius 3 is 2.37 bits per heavy atom. The summed E-state index contributed by atoms with van der Waals surface area (Å²) in [7, 11) is 0. The smallest absolute Gasteiger partial charge is 0.387 e. The van der Waals surface area contributed by atoms with Crippen molar-refractivity contribution in [3.63, 3.8) is 0 Å². The highest BCUT2D eigenvalue weighted by Crippen LogP contribution is 2.28. The maximum Gasteiger partial charge on any atom is 0.387 e. The maximum absolute atomic E-state index is 12.0. The number of anilines is 1. The fourth-order valence-corrected chi connectivity index (χ4v) is 2.41. The summed E-state index contributed by atoms with van der Waals surface area (Å²) in [5.74, 6) is 0.136. The number of rotatable bonds is 5. The normalized spacial score (nSPS) is 18.3. The lowest BCUT2D eigenvalue weighted by molar-refractivity contribution is -0.0498. The number of ether oxygens (including phenoxy) is 1. The first-order valence-corrected chi connectivity index (χ1v) is 6.59. The molecule has 1 aromatic carbocycles. The number of alkyl halides is 2. The maximum atomic E-state index is 12.0. The van der Waals surface area contributed by atoms with E-state index >= 15 is 0 Å². The van der Waals surface area contributed by atoms with Crippen molar-refractivity contribution in [2.24, 2.45) is 0 Å². The van der Waals surface area contributed by atoms with Crippen LogP contribution in [0, 0.1) is 0 Å². The number of benzene rings is 1. The van der Waals surface area contributed by atoms with Crippen molar-refractivity contribution in [2.45, 2.75) is 44.3 Å². The van der Waals surface area contributed by atoms with Gasteiger partial charge in [0.15, 0.2) is 0 Å². The largest absolute Gasteiger partial charge is 0.435 e. The van der Waals surface area contributed by atoms with Crippen molar-refractivity contribution >= 4 is 5.69 Å². The minimum absolute atomic E-state index is 0.136. The second-order valence-corrected chi connectivity index (χ2v) is 5.04. The van der Waals surface area contributed by atoms with E-state index in [1.54, 1.807) is 12.1 Å². The van der Waals surface area contributed by atoms with Crippen LogP contribution in [0.1, 0.15) is 32.1 Å². The average Bonchev–Trinajstić information content (AvgIpc) is 2.38. The third-order valence-corrected chi connectivity index (χ3v) is 3.49. The van der Waals surface area contributed by atoms with E-state index in [4.69, 9.17) is 0 Å². The van der Waals surface area contributed by atoms with Crippen molar-refractivity contribution in [2.75, 3.05) is 11.9 Å². The van der Waals surface area contributed by atoms with Gasteiger partial charge in [0.2, 0.25) is 0 Å². The van der Waals surface area contributed by atoms with Crippen LogP contribution >= 0.6 is 0 Å². The molecule has 5 heteroatoms. The SMILES string of the molecule is OC1(CNc2ccc(OC(F)F)cc2)CCCCC1. The van der Waals surface area contributed by atoms with Crippen LogP contribution in [-0.2, 0) is 0 Å². The van der Waals surface area contributed by atoms with Crippen molar-refractivity contribution in [1.29, 1.82) is 0 Å². The predicted molar refractivity (Wildman–Crippen MR) is 69.6 cm³/mol. The molecule has 0 amide bonds. The van der Waals surface area contributed by atoms with Crippen LogP contribution < -0.4 is 10.1 Å². The van der Waals surface area contributed by atoms with Crippen molar-refractivity contribution < 1.29 is 18.6 Å². The molecule has 2 N–H and O–H groups in total. The molecule has 1 aliphatic rings. The molecule has 0 atom stereocenters. The summed E-state index contributed by atoms with van der Waals surface area (Å²) in [5.41, 5.74) is 0.150. The molecule has 106 valence electrons. The summed E-state index contributed by atoms with van der Waals surface area (Å²) in [4.78, 5) is 0. The molecule has 0 aromatic heterocycles. The summed E-state index contributed by atoms with van der Waals surface area (Å²) >= 11 is 0. The number of nitrogens with one attached hydrogen (secondary N) is 1. The fourth-order valence-electron chi connectivity index (χ4n) is 2.41. The lowest BCUT2D eigenvalue weighted by Crippen LogP contribution is -2.38. The van der Waals surface area contributed by atoms with Gasteiger partial charge in [-0.05, 0) is 37.1 Å². The third kappa shape index (κ3) is 4.35. The molecule has 3 nitrogen and oxygen atoms in total. The molecule has 0 unspecified atom stereocenters. The molecule has 1 aromatic rings. The molecule has 1 aliphatic carbocycles. The Balaban J connectivity index is 1.85. The Labute approximate surface area is 111 Å². The second-order valence-electron chi connectivity index (χ2n) is 5.04. The van der Waals surface area contributed by atoms with Crippen LogP contribution in [-0.4, -0.2) is 23.9 Å². The molecule has 19 heavy (non-hydrogen) atoms. The Morgan fingerprint density at radius 1 is 1.16 bits per heavy atom. The first kappa shape index (κ1) is 14.1. The van der Waals surface area contributed by atoms with Crippen molar-refractivity contribution in [3.05, 3.63) is 24.3 Å². The number of hydrogen-bond acceptors (Lipinski definition) is 3. The molecule has 0 aliphatic heterocycles. The lowest BCUT2D eigenvalue weighted by atomic mass is 9.85. The molecule has 0 spiro atoms. The first-order chi connectivity index (χ1) is 9.07. The van der Waals surface area contributed by atoms with Crippen molar-refractivity contribution in [1.82, 2.24) is 0 Å². The summed E-state index contributed by atoms with van der Waals surface area (Å²) in [6.45, 7) is -2.32. The van der Waals surface area contributed by atoms with Gasteiger partial charge in [0, 0.05) is 12.2 Å². The Kier molecular flexibility index (Phi) is 4.58. The van der Waals surface area contributed by atoms with Crippen LogP contribution in [0.15, 0.2) is 24.3 Å². The van der Waals surface area contributed by atoms with Gasteiger partial charge in [-0.1, -0.05) is 19.3 Å². The third-order valence-electron chi connectivity index (χ3n) is 3.49. The molecule has 2 rings (SSSR count). The van der Waals surface area contributed by atoms with Crippen LogP contribution in [0.4, 0.5) is 14.5 Å².